The maximum atomic E-state index is 12.8. The Kier molecular flexibility index (Phi) is 4.70. The number of amides is 2. The van der Waals surface area contributed by atoms with Gasteiger partial charge >= 0.3 is 5.97 Å². The molecule has 1 aliphatic rings. The van der Waals surface area contributed by atoms with Crippen molar-refractivity contribution >= 4 is 23.6 Å². The first-order chi connectivity index (χ1) is 12.4. The van der Waals surface area contributed by atoms with Crippen molar-refractivity contribution in [2.45, 2.75) is 25.8 Å². The Bertz CT molecular complexity index is 859. The summed E-state index contributed by atoms with van der Waals surface area (Å²) >= 11 is 0. The molecule has 9 heteroatoms. The van der Waals surface area contributed by atoms with Gasteiger partial charge in [0.15, 0.2) is 0 Å². The van der Waals surface area contributed by atoms with E-state index in [1.807, 2.05) is 13.0 Å². The molecule has 0 spiro atoms. The number of aryl methyl sites for hydroxylation is 2. The number of nitrogens with zero attached hydrogens (tertiary/aromatic N) is 4. The Labute approximate surface area is 149 Å². The summed E-state index contributed by atoms with van der Waals surface area (Å²) in [5, 5.41) is 15.8. The predicted octanol–water partition coefficient (Wildman–Crippen LogP) is 0.747. The SMILES string of the molecule is Cc1cc(N2CCC[C@@H](NC(=O)c3ccc(C(=O)O)nc3)C2=O)n(C)n1. The van der Waals surface area contributed by atoms with Crippen molar-refractivity contribution in [1.29, 1.82) is 0 Å². The van der Waals surface area contributed by atoms with Crippen LogP contribution in [0.25, 0.3) is 0 Å². The van der Waals surface area contributed by atoms with Crippen molar-refractivity contribution in [2.75, 3.05) is 11.4 Å². The molecule has 2 aromatic rings. The molecule has 3 rings (SSSR count). The molecule has 0 saturated carbocycles. The van der Waals surface area contributed by atoms with Crippen molar-refractivity contribution < 1.29 is 19.5 Å². The lowest BCUT2D eigenvalue weighted by atomic mass is 10.0. The summed E-state index contributed by atoms with van der Waals surface area (Å²) in [6, 6.07) is 3.81. The van der Waals surface area contributed by atoms with Crippen molar-refractivity contribution in [3.8, 4) is 0 Å². The van der Waals surface area contributed by atoms with E-state index in [2.05, 4.69) is 15.4 Å². The monoisotopic (exact) mass is 357 g/mol. The zero-order valence-corrected chi connectivity index (χ0v) is 14.5. The third-order valence-corrected chi connectivity index (χ3v) is 4.24. The molecule has 2 N–H and O–H groups in total. The maximum Gasteiger partial charge on any atom is 0.354 e. The van der Waals surface area contributed by atoms with E-state index in [0.29, 0.717) is 18.8 Å². The minimum atomic E-state index is -1.17. The molecule has 1 saturated heterocycles. The van der Waals surface area contributed by atoms with Crippen LogP contribution in [0.5, 0.6) is 0 Å². The Morgan fingerprint density at radius 2 is 2.12 bits per heavy atom. The number of aromatic carboxylic acids is 1. The molecule has 2 amide bonds. The molecule has 0 aromatic carbocycles. The fraction of sp³-hybridized carbons (Fsp3) is 0.353. The molecule has 2 aromatic heterocycles. The van der Waals surface area contributed by atoms with Crippen LogP contribution in [0.1, 0.15) is 39.4 Å². The summed E-state index contributed by atoms with van der Waals surface area (Å²) < 4.78 is 1.64. The third kappa shape index (κ3) is 3.41. The van der Waals surface area contributed by atoms with Gasteiger partial charge < -0.3 is 10.4 Å². The van der Waals surface area contributed by atoms with Gasteiger partial charge in [-0.1, -0.05) is 0 Å². The molecule has 1 fully saturated rings. The number of aromatic nitrogens is 3. The van der Waals surface area contributed by atoms with E-state index in [1.165, 1.54) is 18.3 Å². The van der Waals surface area contributed by atoms with Crippen LogP contribution in [-0.4, -0.2) is 50.2 Å². The molecule has 1 aliphatic heterocycles. The zero-order valence-electron chi connectivity index (χ0n) is 14.5. The van der Waals surface area contributed by atoms with E-state index < -0.39 is 17.9 Å². The van der Waals surface area contributed by atoms with Crippen molar-refractivity contribution in [2.24, 2.45) is 7.05 Å². The largest absolute Gasteiger partial charge is 0.477 e. The fourth-order valence-corrected chi connectivity index (χ4v) is 2.98. The van der Waals surface area contributed by atoms with E-state index in [4.69, 9.17) is 5.11 Å². The number of carboxylic acid groups (broad SMARTS) is 1. The van der Waals surface area contributed by atoms with E-state index in [9.17, 15) is 14.4 Å². The van der Waals surface area contributed by atoms with Gasteiger partial charge in [0.25, 0.3) is 11.8 Å². The highest BCUT2D eigenvalue weighted by Crippen LogP contribution is 2.21. The van der Waals surface area contributed by atoms with Gasteiger partial charge in [-0.05, 0) is 31.9 Å². The summed E-state index contributed by atoms with van der Waals surface area (Å²) in [4.78, 5) is 41.3. The lowest BCUT2D eigenvalue weighted by Crippen LogP contribution is -2.52. The van der Waals surface area contributed by atoms with Crippen LogP contribution >= 0.6 is 0 Å². The quantitative estimate of drug-likeness (QED) is 0.834. The summed E-state index contributed by atoms with van der Waals surface area (Å²) in [6.45, 7) is 2.42. The number of nitrogens with one attached hydrogen (secondary N) is 1. The summed E-state index contributed by atoms with van der Waals surface area (Å²) in [5.41, 5.74) is 0.871. The minimum Gasteiger partial charge on any atom is -0.477 e. The Morgan fingerprint density at radius 1 is 1.35 bits per heavy atom. The molecular weight excluding hydrogens is 338 g/mol. The highest BCUT2D eigenvalue weighted by atomic mass is 16.4. The number of piperidine rings is 1. The van der Waals surface area contributed by atoms with E-state index in [-0.39, 0.29) is 17.2 Å². The highest BCUT2D eigenvalue weighted by molar-refractivity contribution is 6.02. The Hall–Kier alpha value is -3.23. The molecule has 136 valence electrons. The minimum absolute atomic E-state index is 0.145. The van der Waals surface area contributed by atoms with Crippen LogP contribution in [0, 0.1) is 6.92 Å². The summed E-state index contributed by atoms with van der Waals surface area (Å²) in [6.07, 6.45) is 2.48. The van der Waals surface area contributed by atoms with Gasteiger partial charge in [-0.3, -0.25) is 19.2 Å². The third-order valence-electron chi connectivity index (χ3n) is 4.24. The predicted molar refractivity (Wildman–Crippen MR) is 92.0 cm³/mol. The second-order valence-corrected chi connectivity index (χ2v) is 6.16. The van der Waals surface area contributed by atoms with Crippen LogP contribution in [0.2, 0.25) is 0 Å². The van der Waals surface area contributed by atoms with Gasteiger partial charge in [-0.25, -0.2) is 9.78 Å². The lowest BCUT2D eigenvalue weighted by molar-refractivity contribution is -0.121. The number of hydrogen-bond acceptors (Lipinski definition) is 5. The van der Waals surface area contributed by atoms with Crippen molar-refractivity contribution in [1.82, 2.24) is 20.1 Å². The molecule has 26 heavy (non-hydrogen) atoms. The standard InChI is InChI=1S/C17H19N5O4/c1-10-8-14(21(2)20-10)22-7-3-4-12(16(22)24)19-15(23)11-5-6-13(17(25)26)18-9-11/h5-6,8-9,12H,3-4,7H2,1-2H3,(H,19,23)(H,25,26)/t12-/m1/s1. The lowest BCUT2D eigenvalue weighted by Gasteiger charge is -2.32. The zero-order chi connectivity index (χ0) is 18.8. The normalized spacial score (nSPS) is 17.2. The maximum absolute atomic E-state index is 12.8. The topological polar surface area (TPSA) is 117 Å². The van der Waals surface area contributed by atoms with Crippen LogP contribution < -0.4 is 10.2 Å². The molecule has 0 bridgehead atoms. The average molecular weight is 357 g/mol. The van der Waals surface area contributed by atoms with Gasteiger partial charge in [0, 0.05) is 25.9 Å². The number of hydrogen-bond donors (Lipinski definition) is 2. The van der Waals surface area contributed by atoms with E-state index in [1.54, 1.807) is 16.6 Å². The second kappa shape index (κ2) is 6.95. The summed E-state index contributed by atoms with van der Waals surface area (Å²) in [5.74, 6) is -1.13. The van der Waals surface area contributed by atoms with Gasteiger partial charge in [-0.15, -0.1) is 0 Å². The van der Waals surface area contributed by atoms with Gasteiger partial charge in [0.1, 0.15) is 17.6 Å². The highest BCUT2D eigenvalue weighted by Gasteiger charge is 2.32. The first kappa shape index (κ1) is 17.6. The molecular formula is C17H19N5O4. The molecule has 0 radical (unpaired) electrons. The van der Waals surface area contributed by atoms with Crippen LogP contribution in [0.4, 0.5) is 5.82 Å². The molecule has 9 nitrogen and oxygen atoms in total. The Morgan fingerprint density at radius 3 is 2.69 bits per heavy atom. The smallest absolute Gasteiger partial charge is 0.354 e. The van der Waals surface area contributed by atoms with Gasteiger partial charge in [0.2, 0.25) is 0 Å². The van der Waals surface area contributed by atoms with Crippen LogP contribution in [-0.2, 0) is 11.8 Å². The van der Waals surface area contributed by atoms with E-state index >= 15 is 0 Å². The molecule has 0 aliphatic carbocycles. The average Bonchev–Trinajstić information content (AvgIpc) is 2.95. The first-order valence-electron chi connectivity index (χ1n) is 8.19. The number of pyridine rings is 1. The van der Waals surface area contributed by atoms with Crippen molar-refractivity contribution in [3.63, 3.8) is 0 Å². The van der Waals surface area contributed by atoms with Gasteiger partial charge in [0.05, 0.1) is 11.3 Å². The van der Waals surface area contributed by atoms with Gasteiger partial charge in [-0.2, -0.15) is 5.10 Å². The number of anilines is 1. The van der Waals surface area contributed by atoms with Crippen molar-refractivity contribution in [3.05, 3.63) is 41.3 Å². The fourth-order valence-electron chi connectivity index (χ4n) is 2.98. The number of carbonyl (C=O) groups is 3. The number of carboxylic acids is 1. The second-order valence-electron chi connectivity index (χ2n) is 6.16. The molecule has 3 heterocycles. The molecule has 0 unspecified atom stereocenters. The number of carbonyl (C=O) groups excluding carboxylic acids is 2. The summed E-state index contributed by atoms with van der Waals surface area (Å²) in [7, 11) is 1.77. The van der Waals surface area contributed by atoms with E-state index in [0.717, 1.165) is 12.1 Å². The Balaban J connectivity index is 1.72. The molecule has 1 atom stereocenters. The first-order valence-corrected chi connectivity index (χ1v) is 8.19. The van der Waals surface area contributed by atoms with Crippen LogP contribution in [0.3, 0.4) is 0 Å². The number of rotatable bonds is 4. The van der Waals surface area contributed by atoms with Crippen LogP contribution in [0.15, 0.2) is 24.4 Å².